The maximum Gasteiger partial charge on any atom is 0.293 e. The highest BCUT2D eigenvalue weighted by Crippen LogP contribution is 2.21. The maximum absolute atomic E-state index is 11.8. The van der Waals surface area contributed by atoms with Crippen molar-refractivity contribution in [2.75, 3.05) is 5.32 Å². The zero-order valence-electron chi connectivity index (χ0n) is 8.81. The van der Waals surface area contributed by atoms with Crippen LogP contribution in [0, 0.1) is 0 Å². The van der Waals surface area contributed by atoms with Crippen molar-refractivity contribution < 1.29 is 9.21 Å². The van der Waals surface area contributed by atoms with Crippen molar-refractivity contribution in [2.24, 2.45) is 5.73 Å². The van der Waals surface area contributed by atoms with Crippen molar-refractivity contribution in [2.45, 2.75) is 6.54 Å². The Morgan fingerprint density at radius 2 is 2.24 bits per heavy atom. The van der Waals surface area contributed by atoms with Crippen molar-refractivity contribution in [3.05, 3.63) is 47.1 Å². The van der Waals surface area contributed by atoms with Gasteiger partial charge in [-0.1, -0.05) is 23.7 Å². The molecule has 0 aliphatic carbocycles. The number of carbonyl (C=O) groups excluding carboxylic acids is 1. The summed E-state index contributed by atoms with van der Waals surface area (Å²) in [6.45, 7) is 0.152. The van der Waals surface area contributed by atoms with Gasteiger partial charge in [-0.15, -0.1) is 0 Å². The molecule has 2 rings (SSSR count). The first-order valence-corrected chi connectivity index (χ1v) is 5.29. The van der Waals surface area contributed by atoms with E-state index in [0.29, 0.717) is 16.6 Å². The molecule has 0 saturated heterocycles. The number of halogens is 1. The summed E-state index contributed by atoms with van der Waals surface area (Å²) in [4.78, 5) is 15.6. The third kappa shape index (κ3) is 2.64. The molecule has 0 bridgehead atoms. The summed E-state index contributed by atoms with van der Waals surface area (Å²) in [5.41, 5.74) is 5.85. The third-order valence-corrected chi connectivity index (χ3v) is 2.40. The summed E-state index contributed by atoms with van der Waals surface area (Å²) in [5.74, 6) is 0.00461. The Labute approximate surface area is 103 Å². The van der Waals surface area contributed by atoms with Gasteiger partial charge in [0, 0.05) is 0 Å². The summed E-state index contributed by atoms with van der Waals surface area (Å²) in [6.07, 6.45) is 1.33. The van der Waals surface area contributed by atoms with Gasteiger partial charge in [-0.25, -0.2) is 4.98 Å². The van der Waals surface area contributed by atoms with E-state index in [0.717, 1.165) is 0 Å². The Morgan fingerprint density at radius 3 is 2.88 bits per heavy atom. The monoisotopic (exact) mass is 251 g/mol. The molecule has 1 aromatic carbocycles. The van der Waals surface area contributed by atoms with Gasteiger partial charge in [0.05, 0.1) is 23.5 Å². The summed E-state index contributed by atoms with van der Waals surface area (Å²) < 4.78 is 5.12. The van der Waals surface area contributed by atoms with Crippen LogP contribution in [0.1, 0.15) is 16.4 Å². The van der Waals surface area contributed by atoms with Crippen LogP contribution in [0.4, 0.5) is 5.69 Å². The average Bonchev–Trinajstić information content (AvgIpc) is 2.81. The number of amides is 1. The van der Waals surface area contributed by atoms with Crippen LogP contribution in [0.3, 0.4) is 0 Å². The zero-order valence-corrected chi connectivity index (χ0v) is 9.57. The fourth-order valence-corrected chi connectivity index (χ4v) is 1.44. The highest BCUT2D eigenvalue weighted by molar-refractivity contribution is 6.33. The lowest BCUT2D eigenvalue weighted by Gasteiger charge is -2.04. The van der Waals surface area contributed by atoms with Gasteiger partial charge in [0.25, 0.3) is 5.91 Å². The van der Waals surface area contributed by atoms with Crippen molar-refractivity contribution in [3.63, 3.8) is 0 Å². The lowest BCUT2D eigenvalue weighted by Crippen LogP contribution is -2.11. The first-order valence-electron chi connectivity index (χ1n) is 4.91. The molecule has 1 aromatic heterocycles. The van der Waals surface area contributed by atoms with Crippen molar-refractivity contribution in [3.8, 4) is 0 Å². The van der Waals surface area contributed by atoms with Gasteiger partial charge in [0.15, 0.2) is 0 Å². The zero-order chi connectivity index (χ0) is 12.3. The molecule has 0 atom stereocenters. The molecule has 0 aliphatic rings. The molecule has 1 heterocycles. The van der Waals surface area contributed by atoms with Crippen molar-refractivity contribution >= 4 is 23.2 Å². The summed E-state index contributed by atoms with van der Waals surface area (Å²) in [5, 5.41) is 3.08. The SMILES string of the molecule is NCc1ncc(C(=O)Nc2ccccc2Cl)o1. The summed E-state index contributed by atoms with van der Waals surface area (Å²) >= 11 is 5.91. The minimum Gasteiger partial charge on any atom is -0.434 e. The predicted octanol–water partition coefficient (Wildman–Crippen LogP) is 2.04. The molecule has 0 aliphatic heterocycles. The number of carbonyl (C=O) groups is 1. The number of benzene rings is 1. The second kappa shape index (κ2) is 4.99. The second-order valence-electron chi connectivity index (χ2n) is 3.26. The molecule has 1 amide bonds. The molecular formula is C11H10ClN3O2. The smallest absolute Gasteiger partial charge is 0.293 e. The topological polar surface area (TPSA) is 81.1 Å². The fraction of sp³-hybridized carbons (Fsp3) is 0.0909. The van der Waals surface area contributed by atoms with Crippen LogP contribution in [-0.4, -0.2) is 10.9 Å². The molecule has 0 unspecified atom stereocenters. The highest BCUT2D eigenvalue weighted by atomic mass is 35.5. The number of para-hydroxylation sites is 1. The van der Waals surface area contributed by atoms with Crippen LogP contribution in [-0.2, 0) is 6.54 Å². The Morgan fingerprint density at radius 1 is 1.47 bits per heavy atom. The molecule has 0 radical (unpaired) electrons. The number of hydrogen-bond donors (Lipinski definition) is 2. The molecule has 17 heavy (non-hydrogen) atoms. The minimum absolute atomic E-state index is 0.102. The van der Waals surface area contributed by atoms with Crippen LogP contribution in [0.25, 0.3) is 0 Å². The average molecular weight is 252 g/mol. The van der Waals surface area contributed by atoms with Gasteiger partial charge in [0.2, 0.25) is 11.7 Å². The van der Waals surface area contributed by atoms with Crippen molar-refractivity contribution in [1.82, 2.24) is 4.98 Å². The Balaban J connectivity index is 2.14. The van der Waals surface area contributed by atoms with E-state index < -0.39 is 5.91 Å². The van der Waals surface area contributed by atoms with E-state index in [1.807, 2.05) is 0 Å². The number of rotatable bonds is 3. The van der Waals surface area contributed by atoms with Crippen LogP contribution in [0.5, 0.6) is 0 Å². The van der Waals surface area contributed by atoms with Crippen LogP contribution < -0.4 is 11.1 Å². The fourth-order valence-electron chi connectivity index (χ4n) is 1.26. The normalized spacial score (nSPS) is 10.2. The molecule has 3 N–H and O–H groups in total. The lowest BCUT2D eigenvalue weighted by molar-refractivity contribution is 0.0995. The molecule has 0 saturated carbocycles. The van der Waals surface area contributed by atoms with Crippen molar-refractivity contribution in [1.29, 1.82) is 0 Å². The van der Waals surface area contributed by atoms with Crippen LogP contribution in [0.2, 0.25) is 5.02 Å². The number of nitrogens with one attached hydrogen (secondary N) is 1. The summed E-state index contributed by atoms with van der Waals surface area (Å²) in [6, 6.07) is 6.93. The molecular weight excluding hydrogens is 242 g/mol. The molecule has 0 fully saturated rings. The predicted molar refractivity (Wildman–Crippen MR) is 63.8 cm³/mol. The largest absolute Gasteiger partial charge is 0.434 e. The van der Waals surface area contributed by atoms with E-state index in [1.54, 1.807) is 24.3 Å². The standard InChI is InChI=1S/C11H10ClN3O2/c12-7-3-1-2-4-8(7)15-11(16)9-6-14-10(5-13)17-9/h1-4,6H,5,13H2,(H,15,16). The van der Waals surface area contributed by atoms with Gasteiger partial charge in [0.1, 0.15) is 0 Å². The number of nitrogens with zero attached hydrogens (tertiary/aromatic N) is 1. The van der Waals surface area contributed by atoms with Gasteiger partial charge in [-0.3, -0.25) is 4.79 Å². The Hall–Kier alpha value is -1.85. The third-order valence-electron chi connectivity index (χ3n) is 2.07. The molecule has 0 spiro atoms. The Bertz CT molecular complexity index is 539. The van der Waals surface area contributed by atoms with Gasteiger partial charge in [-0.05, 0) is 12.1 Å². The first kappa shape index (κ1) is 11.6. The number of anilines is 1. The van der Waals surface area contributed by atoms with Crippen LogP contribution >= 0.6 is 11.6 Å². The minimum atomic E-state index is -0.412. The highest BCUT2D eigenvalue weighted by Gasteiger charge is 2.13. The van der Waals surface area contributed by atoms with E-state index in [-0.39, 0.29) is 12.3 Å². The molecule has 2 aromatic rings. The molecule has 88 valence electrons. The molecule has 6 heteroatoms. The van der Waals surface area contributed by atoms with Gasteiger partial charge < -0.3 is 15.5 Å². The van der Waals surface area contributed by atoms with Gasteiger partial charge >= 0.3 is 0 Å². The first-order chi connectivity index (χ1) is 8.20. The lowest BCUT2D eigenvalue weighted by atomic mass is 10.3. The van der Waals surface area contributed by atoms with E-state index in [4.69, 9.17) is 21.8 Å². The number of oxazole rings is 1. The number of hydrogen-bond acceptors (Lipinski definition) is 4. The van der Waals surface area contributed by atoms with E-state index in [2.05, 4.69) is 10.3 Å². The Kier molecular flexibility index (Phi) is 3.41. The summed E-state index contributed by atoms with van der Waals surface area (Å²) in [7, 11) is 0. The quantitative estimate of drug-likeness (QED) is 0.875. The van der Waals surface area contributed by atoms with Gasteiger partial charge in [-0.2, -0.15) is 0 Å². The number of aromatic nitrogens is 1. The molecule has 5 nitrogen and oxygen atoms in total. The van der Waals surface area contributed by atoms with E-state index in [1.165, 1.54) is 6.20 Å². The number of nitrogens with two attached hydrogens (primary N) is 1. The van der Waals surface area contributed by atoms with E-state index >= 15 is 0 Å². The van der Waals surface area contributed by atoms with Crippen LogP contribution in [0.15, 0.2) is 34.9 Å². The maximum atomic E-state index is 11.8. The second-order valence-corrected chi connectivity index (χ2v) is 3.66. The van der Waals surface area contributed by atoms with E-state index in [9.17, 15) is 4.79 Å².